The van der Waals surface area contributed by atoms with E-state index in [0.29, 0.717) is 58.2 Å². The average Bonchev–Trinajstić information content (AvgIpc) is 3.14. The van der Waals surface area contributed by atoms with E-state index in [0.717, 1.165) is 70.6 Å². The van der Waals surface area contributed by atoms with Crippen molar-refractivity contribution in [2.24, 2.45) is 0 Å². The van der Waals surface area contributed by atoms with E-state index in [4.69, 9.17) is 9.47 Å². The molecule has 54 heavy (non-hydrogen) atoms. The van der Waals surface area contributed by atoms with Gasteiger partial charge in [0.15, 0.2) is 6.10 Å². The van der Waals surface area contributed by atoms with Gasteiger partial charge < -0.3 is 29.9 Å². The van der Waals surface area contributed by atoms with Gasteiger partial charge >= 0.3 is 11.9 Å². The zero-order valence-corrected chi connectivity index (χ0v) is 35.8. The fourth-order valence-corrected chi connectivity index (χ4v) is 7.05. The van der Waals surface area contributed by atoms with Crippen molar-refractivity contribution in [2.75, 3.05) is 19.7 Å². The molecule has 0 spiro atoms. The molecule has 0 aliphatic carbocycles. The van der Waals surface area contributed by atoms with E-state index in [1.54, 1.807) is 0 Å². The number of unbranched alkanes of at least 4 members (excludes halogenated alkanes) is 23. The lowest BCUT2D eigenvalue weighted by atomic mass is 9.95. The quantitative estimate of drug-likeness (QED) is 0.0208. The van der Waals surface area contributed by atoms with Gasteiger partial charge in [0.2, 0.25) is 5.91 Å². The Bertz CT molecular complexity index is 829. The summed E-state index contributed by atoms with van der Waals surface area (Å²) in [7, 11) is 1.36. The Morgan fingerprint density at radius 2 is 0.944 bits per heavy atom. The van der Waals surface area contributed by atoms with Crippen molar-refractivity contribution >= 4 is 19.8 Å². The van der Waals surface area contributed by atoms with Crippen LogP contribution in [0.1, 0.15) is 226 Å². The maximum absolute atomic E-state index is 12.8. The van der Waals surface area contributed by atoms with Gasteiger partial charge in [0.1, 0.15) is 14.0 Å². The van der Waals surface area contributed by atoms with E-state index in [1.165, 1.54) is 109 Å². The number of rotatable bonds is 41. The summed E-state index contributed by atoms with van der Waals surface area (Å²) in [6.07, 6.45) is 31.6. The van der Waals surface area contributed by atoms with Crippen LogP contribution in [0.3, 0.4) is 0 Å². The molecule has 0 rings (SSSR count). The van der Waals surface area contributed by atoms with Crippen molar-refractivity contribution in [1.82, 2.24) is 4.90 Å². The zero-order chi connectivity index (χ0) is 40.1. The third-order valence-electron chi connectivity index (χ3n) is 10.8. The molecule has 0 bridgehead atoms. The highest BCUT2D eigenvalue weighted by atomic mass is 16.6. The highest BCUT2D eigenvalue weighted by Crippen LogP contribution is 2.20. The van der Waals surface area contributed by atoms with Crippen LogP contribution in [0.15, 0.2) is 0 Å². The van der Waals surface area contributed by atoms with E-state index < -0.39 is 24.0 Å². The molecule has 0 aliphatic heterocycles. The van der Waals surface area contributed by atoms with Gasteiger partial charge in [0.25, 0.3) is 0 Å². The molecule has 10 heteroatoms. The molecule has 9 nitrogen and oxygen atoms in total. The summed E-state index contributed by atoms with van der Waals surface area (Å²) in [5.41, 5.74) is 0. The first-order valence-electron chi connectivity index (χ1n) is 23.0. The number of aliphatic hydroxyl groups excluding tert-OH is 2. The Hall–Kier alpha value is -1.20. The van der Waals surface area contributed by atoms with Crippen LogP contribution in [0.2, 0.25) is 0 Å². The number of ether oxygens (including phenoxy) is 2. The van der Waals surface area contributed by atoms with Gasteiger partial charge in [-0.3, -0.25) is 9.69 Å². The van der Waals surface area contributed by atoms with Gasteiger partial charge in [-0.15, -0.1) is 0 Å². The maximum Gasteiger partial charge on any atom is 0.335 e. The molecule has 4 N–H and O–H groups in total. The van der Waals surface area contributed by atoms with Crippen LogP contribution in [-0.2, 0) is 19.1 Å². The molecule has 2 atom stereocenters. The third-order valence-corrected chi connectivity index (χ3v) is 10.8. The summed E-state index contributed by atoms with van der Waals surface area (Å²) in [6.45, 7) is 7.93. The first-order valence-corrected chi connectivity index (χ1v) is 23.0. The smallest absolute Gasteiger partial charge is 0.335 e. The maximum atomic E-state index is 12.8. The van der Waals surface area contributed by atoms with Crippen LogP contribution in [0.25, 0.3) is 0 Å². The van der Waals surface area contributed by atoms with E-state index in [1.807, 2.05) is 0 Å². The number of esters is 2. The number of aliphatic hydroxyl groups is 4. The number of hydrogen-bond donors (Lipinski definition) is 4. The van der Waals surface area contributed by atoms with Crippen LogP contribution < -0.4 is 0 Å². The van der Waals surface area contributed by atoms with Crippen LogP contribution >= 0.6 is 0 Å². The summed E-state index contributed by atoms with van der Waals surface area (Å²) in [5, 5.41) is 41.9. The molecule has 0 aliphatic rings. The molecule has 0 amide bonds. The van der Waals surface area contributed by atoms with Crippen LogP contribution in [0.4, 0.5) is 0 Å². The predicted molar refractivity (Wildman–Crippen MR) is 225 cm³/mol. The van der Waals surface area contributed by atoms with Gasteiger partial charge in [-0.05, 0) is 57.8 Å². The fraction of sp³-hybridized carbons (Fsp3) is 0.955. The second kappa shape index (κ2) is 37.4. The van der Waals surface area contributed by atoms with Crippen molar-refractivity contribution in [1.29, 1.82) is 0 Å². The number of hydrogen-bond acceptors (Lipinski definition) is 9. The molecule has 320 valence electrons. The summed E-state index contributed by atoms with van der Waals surface area (Å²) in [4.78, 5) is 26.4. The molecule has 0 heterocycles. The zero-order valence-electron chi connectivity index (χ0n) is 35.8. The fourth-order valence-electron chi connectivity index (χ4n) is 7.05. The third kappa shape index (κ3) is 31.0. The molecule has 0 aromatic heterocycles. The number of nitrogens with zero attached hydrogens (tertiary/aromatic N) is 1. The normalized spacial score (nSPS) is 13.1. The average molecular weight is 770 g/mol. The molecule has 0 fully saturated rings. The summed E-state index contributed by atoms with van der Waals surface area (Å²) < 4.78 is 11.2. The molecule has 2 unspecified atom stereocenters. The van der Waals surface area contributed by atoms with Gasteiger partial charge in [-0.1, -0.05) is 162 Å². The lowest BCUT2D eigenvalue weighted by Crippen LogP contribution is -2.57. The minimum absolute atomic E-state index is 0.121. The molecule has 0 saturated heterocycles. The molecule has 0 aromatic carbocycles. The molecule has 0 aromatic rings. The number of carbonyl (C=O) groups excluding carboxylic acids is 2. The Kier molecular flexibility index (Phi) is 36.6. The van der Waals surface area contributed by atoms with Gasteiger partial charge in [-0.25, -0.2) is 4.79 Å². The topological polar surface area (TPSA) is 137 Å². The number of carbonyl (C=O) groups is 2. The molecular weight excluding hydrogens is 681 g/mol. The van der Waals surface area contributed by atoms with E-state index >= 15 is 0 Å². The molecule has 0 radical (unpaired) electrons. The Labute approximate surface area is 333 Å². The second-order valence-corrected chi connectivity index (χ2v) is 16.1. The lowest BCUT2D eigenvalue weighted by molar-refractivity contribution is -0.293. The van der Waals surface area contributed by atoms with Crippen molar-refractivity contribution in [3.05, 3.63) is 0 Å². The predicted octanol–water partition coefficient (Wildman–Crippen LogP) is 9.24. The van der Waals surface area contributed by atoms with Crippen molar-refractivity contribution in [2.45, 2.75) is 250 Å². The SMILES string of the molecule is BC(O)C(O)(O)N(CCCCCCC(O)C(=O)OC(CCCCCCCC)CCCCCCCC)CCCCCC(=O)OCCCCCCCCCCC. The van der Waals surface area contributed by atoms with Gasteiger partial charge in [-0.2, -0.15) is 0 Å². The monoisotopic (exact) mass is 770 g/mol. The van der Waals surface area contributed by atoms with Crippen molar-refractivity contribution < 1.29 is 39.5 Å². The summed E-state index contributed by atoms with van der Waals surface area (Å²) in [6, 6.07) is -1.35. The Morgan fingerprint density at radius 3 is 1.41 bits per heavy atom. The first kappa shape index (κ1) is 52.8. The van der Waals surface area contributed by atoms with Gasteiger partial charge in [0, 0.05) is 19.5 Å². The van der Waals surface area contributed by atoms with E-state index in [9.17, 15) is 30.0 Å². The summed E-state index contributed by atoms with van der Waals surface area (Å²) in [5.74, 6) is -3.01. The molecular formula is C44H88BNO8. The Balaban J connectivity index is 4.39. The van der Waals surface area contributed by atoms with E-state index in [2.05, 4.69) is 20.8 Å². The highest BCUT2D eigenvalue weighted by Gasteiger charge is 2.36. The first-order chi connectivity index (χ1) is 26.1. The lowest BCUT2D eigenvalue weighted by Gasteiger charge is -2.37. The standard InChI is InChI=1S/C44H88BNO8/c1-4-7-10-13-16-17-18-23-31-38-53-41(48)35-28-24-30-37-46(44(51,52)43(45)50)36-29-22-21-27-34-40(47)42(49)54-39(32-25-19-14-11-8-5-2)33-26-20-15-12-9-6-3/h39-40,43,47,50-52H,4-38,45H2,1-3H3. The minimum atomic E-state index is -2.34. The Morgan fingerprint density at radius 1 is 0.556 bits per heavy atom. The molecule has 0 saturated carbocycles. The van der Waals surface area contributed by atoms with Crippen LogP contribution in [0, 0.1) is 0 Å². The summed E-state index contributed by atoms with van der Waals surface area (Å²) >= 11 is 0. The van der Waals surface area contributed by atoms with Gasteiger partial charge in [0.05, 0.1) is 12.6 Å². The second-order valence-electron chi connectivity index (χ2n) is 16.1. The van der Waals surface area contributed by atoms with E-state index in [-0.39, 0.29) is 12.1 Å². The van der Waals surface area contributed by atoms with Crippen LogP contribution in [0.5, 0.6) is 0 Å². The van der Waals surface area contributed by atoms with Crippen molar-refractivity contribution in [3.63, 3.8) is 0 Å². The minimum Gasteiger partial charge on any atom is -0.466 e. The van der Waals surface area contributed by atoms with Crippen LogP contribution in [-0.4, -0.2) is 88.9 Å². The van der Waals surface area contributed by atoms with Crippen molar-refractivity contribution in [3.8, 4) is 0 Å². The highest BCUT2D eigenvalue weighted by molar-refractivity contribution is 6.11. The largest absolute Gasteiger partial charge is 0.466 e.